The Hall–Kier alpha value is -2.19. The molecule has 3 aromatic rings. The second-order valence-electron chi connectivity index (χ2n) is 6.27. The summed E-state index contributed by atoms with van der Waals surface area (Å²) in [6.45, 7) is 0. The van der Waals surface area contributed by atoms with Gasteiger partial charge in [-0.3, -0.25) is 9.10 Å². The number of halogens is 2. The number of benzene rings is 3. The molecular formula is C21H18Cl2N2O3S2. The molecule has 0 unspecified atom stereocenters. The second-order valence-corrected chi connectivity index (χ2v) is 9.97. The maximum Gasteiger partial charge on any atom is 0.264 e. The molecule has 0 saturated carbocycles. The van der Waals surface area contributed by atoms with Crippen molar-refractivity contribution in [2.24, 2.45) is 0 Å². The van der Waals surface area contributed by atoms with Crippen LogP contribution in [-0.2, 0) is 10.0 Å². The van der Waals surface area contributed by atoms with Crippen molar-refractivity contribution in [1.29, 1.82) is 0 Å². The topological polar surface area (TPSA) is 66.5 Å². The molecular weight excluding hydrogens is 463 g/mol. The van der Waals surface area contributed by atoms with Crippen molar-refractivity contribution in [3.8, 4) is 0 Å². The molecule has 9 heteroatoms. The van der Waals surface area contributed by atoms with E-state index in [1.807, 2.05) is 6.26 Å². The SMILES string of the molecule is CSc1ccc(S(=O)(=O)N(C)c2ccc(C(=O)Nc3ccc(Cl)cc3Cl)cc2)cc1. The van der Waals surface area contributed by atoms with Crippen LogP contribution in [0.2, 0.25) is 10.0 Å². The number of thioether (sulfide) groups is 1. The Morgan fingerprint density at radius 2 is 1.60 bits per heavy atom. The Balaban J connectivity index is 1.77. The first-order valence-corrected chi connectivity index (χ1v) is 12.1. The number of hydrogen-bond acceptors (Lipinski definition) is 4. The number of anilines is 2. The molecule has 0 spiro atoms. The molecule has 1 N–H and O–H groups in total. The van der Waals surface area contributed by atoms with Crippen LogP contribution in [0.4, 0.5) is 11.4 Å². The van der Waals surface area contributed by atoms with Gasteiger partial charge in [-0.15, -0.1) is 11.8 Å². The molecule has 0 saturated heterocycles. The normalized spacial score (nSPS) is 11.2. The monoisotopic (exact) mass is 480 g/mol. The fraction of sp³-hybridized carbons (Fsp3) is 0.0952. The minimum Gasteiger partial charge on any atom is -0.321 e. The van der Waals surface area contributed by atoms with Crippen molar-refractivity contribution >= 4 is 62.3 Å². The van der Waals surface area contributed by atoms with Crippen molar-refractivity contribution in [3.63, 3.8) is 0 Å². The van der Waals surface area contributed by atoms with Gasteiger partial charge in [-0.1, -0.05) is 23.2 Å². The van der Waals surface area contributed by atoms with Crippen LogP contribution in [-0.4, -0.2) is 27.6 Å². The average molecular weight is 481 g/mol. The fourth-order valence-corrected chi connectivity index (χ4v) is 4.71. The van der Waals surface area contributed by atoms with Gasteiger partial charge >= 0.3 is 0 Å². The number of carbonyl (C=O) groups is 1. The maximum absolute atomic E-state index is 12.9. The Morgan fingerprint density at radius 3 is 2.17 bits per heavy atom. The summed E-state index contributed by atoms with van der Waals surface area (Å²) in [4.78, 5) is 13.7. The van der Waals surface area contributed by atoms with Crippen LogP contribution in [0, 0.1) is 0 Å². The summed E-state index contributed by atoms with van der Waals surface area (Å²) < 4.78 is 26.9. The van der Waals surface area contributed by atoms with E-state index < -0.39 is 10.0 Å². The average Bonchev–Trinajstić information content (AvgIpc) is 2.75. The molecule has 156 valence electrons. The van der Waals surface area contributed by atoms with E-state index in [1.165, 1.54) is 29.2 Å². The smallest absolute Gasteiger partial charge is 0.264 e. The number of nitrogens with zero attached hydrogens (tertiary/aromatic N) is 1. The van der Waals surface area contributed by atoms with E-state index in [9.17, 15) is 13.2 Å². The number of nitrogens with one attached hydrogen (secondary N) is 1. The Bertz CT molecular complexity index is 1170. The van der Waals surface area contributed by atoms with Crippen molar-refractivity contribution in [2.75, 3.05) is 22.9 Å². The van der Waals surface area contributed by atoms with Crippen LogP contribution >= 0.6 is 35.0 Å². The number of sulfonamides is 1. The lowest BCUT2D eigenvalue weighted by Crippen LogP contribution is -2.26. The van der Waals surface area contributed by atoms with Crippen molar-refractivity contribution in [1.82, 2.24) is 0 Å². The summed E-state index contributed by atoms with van der Waals surface area (Å²) in [7, 11) is -2.24. The Labute approximate surface area is 190 Å². The van der Waals surface area contributed by atoms with Crippen LogP contribution < -0.4 is 9.62 Å². The van der Waals surface area contributed by atoms with Gasteiger partial charge in [0.25, 0.3) is 15.9 Å². The standard InChI is InChI=1S/C21H18Cl2N2O3S2/c1-25(30(27,28)18-10-8-17(29-2)9-11-18)16-6-3-14(4-7-16)21(26)24-20-12-5-15(22)13-19(20)23/h3-13H,1-2H3,(H,24,26). The minimum absolute atomic E-state index is 0.196. The molecule has 0 fully saturated rings. The van der Waals surface area contributed by atoms with Crippen molar-refractivity contribution in [2.45, 2.75) is 9.79 Å². The summed E-state index contributed by atoms with van der Waals surface area (Å²) in [5.74, 6) is -0.371. The van der Waals surface area contributed by atoms with Gasteiger partial charge in [-0.2, -0.15) is 0 Å². The lowest BCUT2D eigenvalue weighted by Gasteiger charge is -2.20. The molecule has 3 aromatic carbocycles. The highest BCUT2D eigenvalue weighted by Crippen LogP contribution is 2.27. The van der Waals surface area contributed by atoms with Crippen LogP contribution in [0.5, 0.6) is 0 Å². The summed E-state index contributed by atoms with van der Waals surface area (Å²) in [6.07, 6.45) is 1.92. The largest absolute Gasteiger partial charge is 0.321 e. The molecule has 1 amide bonds. The molecule has 30 heavy (non-hydrogen) atoms. The Morgan fingerprint density at radius 1 is 0.967 bits per heavy atom. The van der Waals surface area contributed by atoms with Gasteiger partial charge in [-0.25, -0.2) is 8.42 Å². The first kappa shape index (κ1) is 22.5. The predicted molar refractivity (Wildman–Crippen MR) is 125 cm³/mol. The van der Waals surface area contributed by atoms with Crippen molar-refractivity contribution in [3.05, 3.63) is 82.3 Å². The first-order valence-electron chi connectivity index (χ1n) is 8.72. The molecule has 0 bridgehead atoms. The van der Waals surface area contributed by atoms with Gasteiger partial charge in [0.05, 0.1) is 21.3 Å². The van der Waals surface area contributed by atoms with Gasteiger partial charge in [-0.05, 0) is 73.0 Å². The van der Waals surface area contributed by atoms with Gasteiger partial charge < -0.3 is 5.32 Å². The van der Waals surface area contributed by atoms with Gasteiger partial charge in [0, 0.05) is 22.5 Å². The van der Waals surface area contributed by atoms with Crippen LogP contribution in [0.15, 0.2) is 76.5 Å². The number of rotatable bonds is 6. The second kappa shape index (κ2) is 9.31. The molecule has 5 nitrogen and oxygen atoms in total. The van der Waals surface area contributed by atoms with E-state index >= 15 is 0 Å². The zero-order valence-corrected chi connectivity index (χ0v) is 19.2. The zero-order valence-electron chi connectivity index (χ0n) is 16.1. The molecule has 0 aliphatic heterocycles. The third-order valence-corrected chi connectivity index (χ3v) is 7.48. The third kappa shape index (κ3) is 4.92. The Kier molecular flexibility index (Phi) is 6.98. The molecule has 0 aromatic heterocycles. The molecule has 0 heterocycles. The van der Waals surface area contributed by atoms with Crippen LogP contribution in [0.25, 0.3) is 0 Å². The van der Waals surface area contributed by atoms with E-state index in [2.05, 4.69) is 5.32 Å². The lowest BCUT2D eigenvalue weighted by molar-refractivity contribution is 0.102. The summed E-state index contributed by atoms with van der Waals surface area (Å²) in [5.41, 5.74) is 1.23. The summed E-state index contributed by atoms with van der Waals surface area (Å²) >= 11 is 13.5. The van der Waals surface area contributed by atoms with Crippen molar-refractivity contribution < 1.29 is 13.2 Å². The summed E-state index contributed by atoms with van der Waals surface area (Å²) in [6, 6.07) is 17.7. The van der Waals surface area contributed by atoms with Crippen LogP contribution in [0.3, 0.4) is 0 Å². The zero-order chi connectivity index (χ0) is 21.9. The summed E-state index contributed by atoms with van der Waals surface area (Å²) in [5, 5.41) is 3.50. The maximum atomic E-state index is 12.9. The van der Waals surface area contributed by atoms with E-state index in [0.29, 0.717) is 27.0 Å². The van der Waals surface area contributed by atoms with E-state index in [4.69, 9.17) is 23.2 Å². The van der Waals surface area contributed by atoms with E-state index in [-0.39, 0.29) is 10.8 Å². The molecule has 0 aliphatic carbocycles. The van der Waals surface area contributed by atoms with Gasteiger partial charge in [0.2, 0.25) is 0 Å². The van der Waals surface area contributed by atoms with Gasteiger partial charge in [0.15, 0.2) is 0 Å². The number of carbonyl (C=O) groups excluding carboxylic acids is 1. The highest BCUT2D eigenvalue weighted by molar-refractivity contribution is 7.98. The molecule has 0 radical (unpaired) electrons. The molecule has 0 atom stereocenters. The quantitative estimate of drug-likeness (QED) is 0.453. The number of hydrogen-bond donors (Lipinski definition) is 1. The van der Waals surface area contributed by atoms with E-state index in [1.54, 1.807) is 60.7 Å². The van der Waals surface area contributed by atoms with Gasteiger partial charge in [0.1, 0.15) is 0 Å². The fourth-order valence-electron chi connectivity index (χ4n) is 2.65. The third-order valence-electron chi connectivity index (χ3n) is 4.39. The molecule has 0 aliphatic rings. The molecule has 3 rings (SSSR count). The van der Waals surface area contributed by atoms with E-state index in [0.717, 1.165) is 4.90 Å². The first-order chi connectivity index (χ1) is 14.2. The predicted octanol–water partition coefficient (Wildman–Crippen LogP) is 5.79. The minimum atomic E-state index is -3.71. The van der Waals surface area contributed by atoms with Crippen LogP contribution in [0.1, 0.15) is 10.4 Å². The lowest BCUT2D eigenvalue weighted by atomic mass is 10.2. The highest BCUT2D eigenvalue weighted by Gasteiger charge is 2.21. The number of amides is 1. The highest BCUT2D eigenvalue weighted by atomic mass is 35.5.